The fourth-order valence-corrected chi connectivity index (χ4v) is 8.76. The molecule has 0 radical (unpaired) electrons. The zero-order valence-electron chi connectivity index (χ0n) is 29.9. The number of hydrogen-bond donors (Lipinski definition) is 0. The van der Waals surface area contributed by atoms with Crippen LogP contribution in [0, 0.1) is 0 Å². The highest BCUT2D eigenvalue weighted by molar-refractivity contribution is 6.17. The second kappa shape index (κ2) is 11.9. The molecule has 262 valence electrons. The van der Waals surface area contributed by atoms with Crippen LogP contribution in [0.2, 0.25) is 0 Å². The summed E-state index contributed by atoms with van der Waals surface area (Å²) in [6.45, 7) is 0. The van der Waals surface area contributed by atoms with Crippen LogP contribution in [0.25, 0.3) is 111 Å². The highest BCUT2D eigenvalue weighted by atomic mass is 16.3. The Morgan fingerprint density at radius 2 is 0.768 bits per heavy atom. The molecule has 0 amide bonds. The second-order valence-electron chi connectivity index (χ2n) is 14.2. The molecule has 0 fully saturated rings. The number of furan rings is 2. The van der Waals surface area contributed by atoms with Gasteiger partial charge in [-0.2, -0.15) is 0 Å². The van der Waals surface area contributed by atoms with Crippen molar-refractivity contribution in [1.29, 1.82) is 0 Å². The lowest BCUT2D eigenvalue weighted by Crippen LogP contribution is -1.99. The average molecular weight is 719 g/mol. The number of hydrogen-bond acceptors (Lipinski definition) is 4. The van der Waals surface area contributed by atoms with Crippen molar-refractivity contribution in [3.05, 3.63) is 183 Å². The van der Waals surface area contributed by atoms with Gasteiger partial charge in [-0.3, -0.25) is 9.97 Å². The number of pyridine rings is 2. The van der Waals surface area contributed by atoms with Gasteiger partial charge in [0.15, 0.2) is 0 Å². The van der Waals surface area contributed by atoms with Gasteiger partial charge in [-0.05, 0) is 71.8 Å². The number of rotatable bonds is 5. The van der Waals surface area contributed by atoms with Crippen LogP contribution in [0.3, 0.4) is 0 Å². The van der Waals surface area contributed by atoms with Gasteiger partial charge in [0.25, 0.3) is 0 Å². The number of para-hydroxylation sites is 2. The summed E-state index contributed by atoms with van der Waals surface area (Å²) in [6, 6.07) is 56.0. The number of benzene rings is 6. The molecule has 6 aromatic carbocycles. The van der Waals surface area contributed by atoms with Crippen LogP contribution in [0.15, 0.2) is 191 Å². The van der Waals surface area contributed by atoms with Gasteiger partial charge < -0.3 is 18.0 Å². The van der Waals surface area contributed by atoms with E-state index in [2.05, 4.69) is 165 Å². The van der Waals surface area contributed by atoms with E-state index in [4.69, 9.17) is 8.83 Å². The molecule has 0 unspecified atom stereocenters. The molecule has 6 heterocycles. The molecule has 0 saturated heterocycles. The molecule has 6 nitrogen and oxygen atoms in total. The maximum absolute atomic E-state index is 6.26. The van der Waals surface area contributed by atoms with Crippen molar-refractivity contribution in [1.82, 2.24) is 19.1 Å². The van der Waals surface area contributed by atoms with Gasteiger partial charge >= 0.3 is 0 Å². The summed E-state index contributed by atoms with van der Waals surface area (Å²) in [5.41, 5.74) is 14.4. The Kier molecular flexibility index (Phi) is 6.53. The van der Waals surface area contributed by atoms with Gasteiger partial charge in [0, 0.05) is 79.6 Å². The minimum Gasteiger partial charge on any atom is -0.456 e. The van der Waals surface area contributed by atoms with Crippen LogP contribution in [0.4, 0.5) is 0 Å². The summed E-state index contributed by atoms with van der Waals surface area (Å²) in [5, 5.41) is 6.37. The van der Waals surface area contributed by atoms with Crippen LogP contribution in [-0.4, -0.2) is 19.1 Å². The molecule has 0 spiro atoms. The maximum Gasteiger partial charge on any atom is 0.138 e. The smallest absolute Gasteiger partial charge is 0.138 e. The Balaban J connectivity index is 1.24. The van der Waals surface area contributed by atoms with E-state index in [0.717, 1.165) is 99.6 Å². The van der Waals surface area contributed by atoms with Crippen molar-refractivity contribution in [2.24, 2.45) is 0 Å². The SMILES string of the molecule is c1ccc(-c2c(-c3c(-c4ccccc4)n(-c4ccc5oc6ccncc6c5c4)c4ccccc34)c3ccccc3n2-c2ccc3oc4ccncc4c3c2)cc1. The zero-order valence-corrected chi connectivity index (χ0v) is 29.9. The third kappa shape index (κ3) is 4.44. The first-order chi connectivity index (χ1) is 27.8. The molecule has 12 aromatic rings. The second-order valence-corrected chi connectivity index (χ2v) is 14.2. The van der Waals surface area contributed by atoms with Gasteiger partial charge in [0.2, 0.25) is 0 Å². The van der Waals surface area contributed by atoms with E-state index in [1.807, 2.05) is 24.5 Å². The molecule has 6 heteroatoms. The minimum atomic E-state index is 0.826. The summed E-state index contributed by atoms with van der Waals surface area (Å²) in [7, 11) is 0. The topological polar surface area (TPSA) is 61.9 Å². The van der Waals surface area contributed by atoms with E-state index in [9.17, 15) is 0 Å². The molecule has 6 aromatic heterocycles. The van der Waals surface area contributed by atoms with E-state index < -0.39 is 0 Å². The Hall–Kier alpha value is -7.70. The first-order valence-electron chi connectivity index (χ1n) is 18.7. The van der Waals surface area contributed by atoms with Crippen LogP contribution in [0.5, 0.6) is 0 Å². The fraction of sp³-hybridized carbons (Fsp3) is 0. The summed E-state index contributed by atoms with van der Waals surface area (Å²) in [5.74, 6) is 0. The summed E-state index contributed by atoms with van der Waals surface area (Å²) < 4.78 is 17.4. The van der Waals surface area contributed by atoms with Crippen LogP contribution in [-0.2, 0) is 0 Å². The van der Waals surface area contributed by atoms with E-state index >= 15 is 0 Å². The highest BCUT2D eigenvalue weighted by Gasteiger charge is 2.29. The Morgan fingerprint density at radius 1 is 0.357 bits per heavy atom. The minimum absolute atomic E-state index is 0.826. The maximum atomic E-state index is 6.26. The molecule has 0 bridgehead atoms. The molecule has 56 heavy (non-hydrogen) atoms. The van der Waals surface area contributed by atoms with Crippen molar-refractivity contribution in [3.63, 3.8) is 0 Å². The third-order valence-corrected chi connectivity index (χ3v) is 11.1. The largest absolute Gasteiger partial charge is 0.456 e. The predicted molar refractivity (Wildman–Crippen MR) is 227 cm³/mol. The number of aromatic nitrogens is 4. The Bertz CT molecular complexity index is 3250. The molecule has 0 atom stereocenters. The summed E-state index contributed by atoms with van der Waals surface area (Å²) in [4.78, 5) is 8.88. The average Bonchev–Trinajstić information content (AvgIpc) is 4.01. The van der Waals surface area contributed by atoms with Crippen LogP contribution < -0.4 is 0 Å². The van der Waals surface area contributed by atoms with Gasteiger partial charge in [-0.15, -0.1) is 0 Å². The Labute approximate surface area is 320 Å². The molecular formula is C50H30N4O2. The van der Waals surface area contributed by atoms with Crippen molar-refractivity contribution in [2.45, 2.75) is 0 Å². The first-order valence-corrected chi connectivity index (χ1v) is 18.7. The standard InChI is InChI=1S/C50H30N4O2/c1-3-11-31(12-4-1)49-47(35-15-7-9-17-41(35)53(49)33-19-21-43-37(27-33)39-29-51-25-23-45(39)55-43)48-36-16-8-10-18-42(36)54(50(48)32-13-5-2-6-14-32)34-20-22-44-38(28-34)40-30-52-26-24-46(40)56-44/h1-30H. The van der Waals surface area contributed by atoms with Gasteiger partial charge in [-0.1, -0.05) is 97.1 Å². The van der Waals surface area contributed by atoms with Crippen LogP contribution >= 0.6 is 0 Å². The molecule has 0 N–H and O–H groups in total. The lowest BCUT2D eigenvalue weighted by molar-refractivity contribution is 0.668. The van der Waals surface area contributed by atoms with Crippen molar-refractivity contribution in [3.8, 4) is 45.0 Å². The highest BCUT2D eigenvalue weighted by Crippen LogP contribution is 2.51. The fourth-order valence-electron chi connectivity index (χ4n) is 8.76. The van der Waals surface area contributed by atoms with Gasteiger partial charge in [-0.25, -0.2) is 0 Å². The number of nitrogens with zero attached hydrogens (tertiary/aromatic N) is 4. The molecule has 12 rings (SSSR count). The molecule has 0 aliphatic carbocycles. The monoisotopic (exact) mass is 718 g/mol. The summed E-state index contributed by atoms with van der Waals surface area (Å²) >= 11 is 0. The molecular weight excluding hydrogens is 689 g/mol. The normalized spacial score (nSPS) is 11.9. The quantitative estimate of drug-likeness (QED) is 0.178. The van der Waals surface area contributed by atoms with E-state index in [0.29, 0.717) is 0 Å². The van der Waals surface area contributed by atoms with Crippen molar-refractivity contribution in [2.75, 3.05) is 0 Å². The zero-order chi connectivity index (χ0) is 36.7. The van der Waals surface area contributed by atoms with E-state index in [-0.39, 0.29) is 0 Å². The molecule has 0 aliphatic heterocycles. The molecule has 0 aliphatic rings. The van der Waals surface area contributed by atoms with Crippen molar-refractivity contribution < 1.29 is 8.83 Å². The van der Waals surface area contributed by atoms with Crippen LogP contribution in [0.1, 0.15) is 0 Å². The molecule has 0 saturated carbocycles. The predicted octanol–water partition coefficient (Wildman–Crippen LogP) is 13.2. The third-order valence-electron chi connectivity index (χ3n) is 11.1. The number of fused-ring (bicyclic) bond motifs is 8. The first kappa shape index (κ1) is 30.7. The lowest BCUT2D eigenvalue weighted by atomic mass is 9.93. The van der Waals surface area contributed by atoms with E-state index in [1.165, 1.54) is 11.1 Å². The van der Waals surface area contributed by atoms with Gasteiger partial charge in [0.1, 0.15) is 22.3 Å². The summed E-state index contributed by atoms with van der Waals surface area (Å²) in [6.07, 6.45) is 7.34. The lowest BCUT2D eigenvalue weighted by Gasteiger charge is -2.16. The Morgan fingerprint density at radius 3 is 1.23 bits per heavy atom. The van der Waals surface area contributed by atoms with E-state index in [1.54, 1.807) is 12.4 Å². The van der Waals surface area contributed by atoms with Crippen molar-refractivity contribution >= 4 is 65.7 Å². The van der Waals surface area contributed by atoms with Gasteiger partial charge in [0.05, 0.1) is 22.4 Å².